The number of fused-ring (bicyclic) bond motifs is 1. The van der Waals surface area contributed by atoms with E-state index < -0.39 is 0 Å². The number of H-pyrrole nitrogens is 1. The van der Waals surface area contributed by atoms with E-state index in [-0.39, 0.29) is 5.56 Å². The Kier molecular flexibility index (Phi) is 2.74. The first-order valence-corrected chi connectivity index (χ1v) is 6.35. The van der Waals surface area contributed by atoms with E-state index >= 15 is 0 Å². The molecule has 1 aliphatic rings. The lowest BCUT2D eigenvalue weighted by atomic mass is 9.80. The highest BCUT2D eigenvalue weighted by Gasteiger charge is 2.21. The van der Waals surface area contributed by atoms with Crippen molar-refractivity contribution in [2.24, 2.45) is 0 Å². The lowest BCUT2D eigenvalue weighted by Crippen LogP contribution is -2.19. The molecule has 92 valence electrons. The topological polar surface area (TPSA) is 45.8 Å². The molecule has 0 bridgehead atoms. The molecule has 3 rings (SSSR count). The van der Waals surface area contributed by atoms with Crippen LogP contribution < -0.4 is 5.56 Å². The number of nitrogens with zero attached hydrogens (tertiary/aromatic N) is 1. The molecule has 0 saturated carbocycles. The first kappa shape index (κ1) is 11.2. The van der Waals surface area contributed by atoms with Gasteiger partial charge < -0.3 is 4.98 Å². The van der Waals surface area contributed by atoms with Crippen molar-refractivity contribution in [3.8, 4) is 0 Å². The van der Waals surface area contributed by atoms with Gasteiger partial charge in [0, 0.05) is 24.2 Å². The molecule has 0 amide bonds. The average molecular weight is 240 g/mol. The minimum atomic E-state index is 0.0219. The van der Waals surface area contributed by atoms with Gasteiger partial charge >= 0.3 is 0 Å². The summed E-state index contributed by atoms with van der Waals surface area (Å²) in [6, 6.07) is 5.94. The largest absolute Gasteiger partial charge is 0.326 e. The van der Waals surface area contributed by atoms with Gasteiger partial charge in [0.15, 0.2) is 0 Å². The number of aryl methyl sites for hydroxylation is 2. The molecule has 0 fully saturated rings. The molecular weight excluding hydrogens is 224 g/mol. The summed E-state index contributed by atoms with van der Waals surface area (Å²) in [6.07, 6.45) is 6.82. The van der Waals surface area contributed by atoms with Crippen LogP contribution in [0.5, 0.6) is 0 Å². The van der Waals surface area contributed by atoms with E-state index in [0.29, 0.717) is 5.92 Å². The molecule has 1 atom stereocenters. The monoisotopic (exact) mass is 240 g/mol. The highest BCUT2D eigenvalue weighted by molar-refractivity contribution is 5.35. The van der Waals surface area contributed by atoms with Gasteiger partial charge in [-0.1, -0.05) is 0 Å². The van der Waals surface area contributed by atoms with Crippen molar-refractivity contribution in [3.63, 3.8) is 0 Å². The second-order valence-electron chi connectivity index (χ2n) is 4.98. The molecule has 1 N–H and O–H groups in total. The molecule has 2 aromatic heterocycles. The lowest BCUT2D eigenvalue weighted by Gasteiger charge is -2.25. The predicted octanol–water partition coefficient (Wildman–Crippen LogP) is 2.35. The van der Waals surface area contributed by atoms with Crippen molar-refractivity contribution >= 4 is 0 Å². The van der Waals surface area contributed by atoms with Crippen LogP contribution in [0.3, 0.4) is 0 Å². The first-order chi connectivity index (χ1) is 8.74. The van der Waals surface area contributed by atoms with Gasteiger partial charge in [0.05, 0.1) is 0 Å². The van der Waals surface area contributed by atoms with Crippen molar-refractivity contribution < 1.29 is 0 Å². The van der Waals surface area contributed by atoms with E-state index in [1.54, 1.807) is 6.07 Å². The quantitative estimate of drug-likeness (QED) is 0.831. The number of aromatic amines is 1. The molecule has 18 heavy (non-hydrogen) atoms. The fraction of sp³-hybridized carbons (Fsp3) is 0.333. The Balaban J connectivity index is 1.96. The van der Waals surface area contributed by atoms with Crippen LogP contribution in [0, 0.1) is 6.92 Å². The van der Waals surface area contributed by atoms with Crippen LogP contribution in [0.2, 0.25) is 0 Å². The van der Waals surface area contributed by atoms with Crippen LogP contribution in [0.15, 0.2) is 35.4 Å². The number of pyridine rings is 2. The molecule has 2 heterocycles. The number of aromatic nitrogens is 2. The summed E-state index contributed by atoms with van der Waals surface area (Å²) in [5.74, 6) is 0.546. The Morgan fingerprint density at radius 2 is 2.11 bits per heavy atom. The van der Waals surface area contributed by atoms with E-state index in [0.717, 1.165) is 25.0 Å². The molecule has 0 unspecified atom stereocenters. The van der Waals surface area contributed by atoms with Crippen molar-refractivity contribution in [1.82, 2.24) is 9.97 Å². The van der Waals surface area contributed by atoms with Crippen molar-refractivity contribution in [3.05, 3.63) is 63.3 Å². The zero-order valence-corrected chi connectivity index (χ0v) is 10.4. The molecule has 0 saturated heterocycles. The van der Waals surface area contributed by atoms with Crippen LogP contribution in [-0.2, 0) is 12.8 Å². The average Bonchev–Trinajstić information content (AvgIpc) is 2.39. The third-order valence-electron chi connectivity index (χ3n) is 3.85. The Bertz CT molecular complexity index is 616. The minimum absolute atomic E-state index is 0.0219. The Hall–Kier alpha value is -1.90. The highest BCUT2D eigenvalue weighted by atomic mass is 16.1. The Labute approximate surface area is 106 Å². The van der Waals surface area contributed by atoms with Gasteiger partial charge in [0.25, 0.3) is 0 Å². The van der Waals surface area contributed by atoms with Crippen LogP contribution in [-0.4, -0.2) is 9.97 Å². The van der Waals surface area contributed by atoms with Crippen molar-refractivity contribution in [1.29, 1.82) is 0 Å². The standard InChI is InChI=1S/C15H16N2O/c1-10-14-8-12(11-4-6-16-7-5-11)2-3-13(14)9-15(18)17-10/h4-7,9,12H,2-3,8H2,1H3,(H,17,18)/t12-/m0/s1. The van der Waals surface area contributed by atoms with Crippen LogP contribution in [0.25, 0.3) is 0 Å². The molecule has 3 heteroatoms. The van der Waals surface area contributed by atoms with E-state index in [1.807, 2.05) is 19.3 Å². The molecule has 1 aliphatic carbocycles. The molecule has 2 aromatic rings. The summed E-state index contributed by atoms with van der Waals surface area (Å²) >= 11 is 0. The van der Waals surface area contributed by atoms with Gasteiger partial charge in [-0.15, -0.1) is 0 Å². The van der Waals surface area contributed by atoms with Crippen LogP contribution >= 0.6 is 0 Å². The van der Waals surface area contributed by atoms with E-state index in [4.69, 9.17) is 0 Å². The molecule has 0 spiro atoms. The first-order valence-electron chi connectivity index (χ1n) is 6.35. The third kappa shape index (κ3) is 1.96. The normalized spacial score (nSPS) is 18.4. The second-order valence-corrected chi connectivity index (χ2v) is 4.98. The van der Waals surface area contributed by atoms with Crippen molar-refractivity contribution in [2.75, 3.05) is 0 Å². The number of hydrogen-bond acceptors (Lipinski definition) is 2. The maximum absolute atomic E-state index is 11.4. The zero-order valence-electron chi connectivity index (χ0n) is 10.4. The van der Waals surface area contributed by atoms with E-state index in [1.165, 1.54) is 16.7 Å². The molecule has 0 radical (unpaired) electrons. The lowest BCUT2D eigenvalue weighted by molar-refractivity contribution is 0.578. The summed E-state index contributed by atoms with van der Waals surface area (Å²) in [7, 11) is 0. The molecular formula is C15H16N2O. The summed E-state index contributed by atoms with van der Waals surface area (Å²) in [5.41, 5.74) is 4.94. The van der Waals surface area contributed by atoms with Gasteiger partial charge in [-0.3, -0.25) is 9.78 Å². The van der Waals surface area contributed by atoms with Gasteiger partial charge in [0.1, 0.15) is 0 Å². The van der Waals surface area contributed by atoms with Crippen LogP contribution in [0.1, 0.15) is 34.7 Å². The maximum atomic E-state index is 11.4. The SMILES string of the molecule is Cc1[nH]c(=O)cc2c1C[C@@H](c1ccncc1)CC2. The summed E-state index contributed by atoms with van der Waals surface area (Å²) in [4.78, 5) is 18.4. The van der Waals surface area contributed by atoms with Gasteiger partial charge in [-0.05, 0) is 60.9 Å². The van der Waals surface area contributed by atoms with E-state index in [9.17, 15) is 4.79 Å². The second kappa shape index (κ2) is 4.41. The molecule has 0 aliphatic heterocycles. The van der Waals surface area contributed by atoms with E-state index in [2.05, 4.69) is 22.1 Å². The Morgan fingerprint density at radius 3 is 2.89 bits per heavy atom. The molecule has 0 aromatic carbocycles. The fourth-order valence-corrected chi connectivity index (χ4v) is 2.89. The Morgan fingerprint density at radius 1 is 1.33 bits per heavy atom. The van der Waals surface area contributed by atoms with Gasteiger partial charge in [-0.2, -0.15) is 0 Å². The third-order valence-corrected chi connectivity index (χ3v) is 3.85. The summed E-state index contributed by atoms with van der Waals surface area (Å²) in [5, 5.41) is 0. The predicted molar refractivity (Wildman–Crippen MR) is 70.8 cm³/mol. The number of nitrogens with one attached hydrogen (secondary N) is 1. The maximum Gasteiger partial charge on any atom is 0.248 e. The van der Waals surface area contributed by atoms with Crippen molar-refractivity contribution in [2.45, 2.75) is 32.1 Å². The van der Waals surface area contributed by atoms with Gasteiger partial charge in [0.2, 0.25) is 5.56 Å². The highest BCUT2D eigenvalue weighted by Crippen LogP contribution is 2.32. The fourth-order valence-electron chi connectivity index (χ4n) is 2.89. The van der Waals surface area contributed by atoms with Crippen LogP contribution in [0.4, 0.5) is 0 Å². The number of hydrogen-bond donors (Lipinski definition) is 1. The smallest absolute Gasteiger partial charge is 0.248 e. The molecule has 3 nitrogen and oxygen atoms in total. The minimum Gasteiger partial charge on any atom is -0.326 e. The zero-order chi connectivity index (χ0) is 12.5. The summed E-state index contributed by atoms with van der Waals surface area (Å²) in [6.45, 7) is 2.00. The number of rotatable bonds is 1. The van der Waals surface area contributed by atoms with Gasteiger partial charge in [-0.25, -0.2) is 0 Å². The summed E-state index contributed by atoms with van der Waals surface area (Å²) < 4.78 is 0.